The van der Waals surface area contributed by atoms with E-state index in [4.69, 9.17) is 5.73 Å². The van der Waals surface area contributed by atoms with Crippen LogP contribution in [0.2, 0.25) is 0 Å². The molecule has 0 unspecified atom stereocenters. The van der Waals surface area contributed by atoms with Crippen molar-refractivity contribution < 1.29 is 4.39 Å². The average molecular weight is 277 g/mol. The monoisotopic (exact) mass is 277 g/mol. The summed E-state index contributed by atoms with van der Waals surface area (Å²) < 4.78 is 13.2. The summed E-state index contributed by atoms with van der Waals surface area (Å²) >= 11 is 0. The predicted octanol–water partition coefficient (Wildman–Crippen LogP) is 4.61. The predicted molar refractivity (Wildman–Crippen MR) is 83.2 cm³/mol. The van der Waals surface area contributed by atoms with Gasteiger partial charge in [0.15, 0.2) is 0 Å². The van der Waals surface area contributed by atoms with E-state index in [1.54, 1.807) is 12.1 Å². The summed E-state index contributed by atoms with van der Waals surface area (Å²) in [6.45, 7) is 8.95. The Labute approximate surface area is 122 Å². The minimum Gasteiger partial charge on any atom is -0.325 e. The van der Waals surface area contributed by atoms with E-state index < -0.39 is 0 Å². The largest absolute Gasteiger partial charge is 0.325 e. The van der Waals surface area contributed by atoms with Crippen molar-refractivity contribution in [3.8, 4) is 0 Å². The third-order valence-corrected chi connectivity index (χ3v) is 5.05. The zero-order valence-corrected chi connectivity index (χ0v) is 13.3. The van der Waals surface area contributed by atoms with Crippen LogP contribution < -0.4 is 5.73 Å². The fourth-order valence-electron chi connectivity index (χ4n) is 3.47. The molecule has 0 radical (unpaired) electrons. The van der Waals surface area contributed by atoms with E-state index in [9.17, 15) is 4.39 Å². The molecule has 2 N–H and O–H groups in total. The molecule has 0 heterocycles. The normalized spacial score (nSPS) is 27.6. The molecule has 1 aromatic carbocycles. The van der Waals surface area contributed by atoms with Crippen LogP contribution in [0.3, 0.4) is 0 Å². The van der Waals surface area contributed by atoms with Crippen molar-refractivity contribution in [3.63, 3.8) is 0 Å². The van der Waals surface area contributed by atoms with Crippen molar-refractivity contribution in [2.75, 3.05) is 0 Å². The summed E-state index contributed by atoms with van der Waals surface area (Å²) in [5.74, 6) is 0.613. The van der Waals surface area contributed by atoms with Crippen LogP contribution in [-0.4, -0.2) is 5.54 Å². The summed E-state index contributed by atoms with van der Waals surface area (Å²) in [6.07, 6.45) is 5.44. The Morgan fingerprint density at radius 2 is 1.85 bits per heavy atom. The Kier molecular flexibility index (Phi) is 4.24. The lowest BCUT2D eigenvalue weighted by Gasteiger charge is -2.42. The van der Waals surface area contributed by atoms with Crippen LogP contribution in [0.1, 0.15) is 57.6 Å². The Morgan fingerprint density at radius 1 is 1.25 bits per heavy atom. The van der Waals surface area contributed by atoms with Gasteiger partial charge >= 0.3 is 0 Å². The van der Waals surface area contributed by atoms with Gasteiger partial charge in [-0.25, -0.2) is 4.39 Å². The Bertz CT molecular complexity index is 465. The van der Waals surface area contributed by atoms with E-state index in [-0.39, 0.29) is 11.4 Å². The van der Waals surface area contributed by atoms with Crippen molar-refractivity contribution in [1.29, 1.82) is 0 Å². The van der Waals surface area contributed by atoms with Gasteiger partial charge in [-0.05, 0) is 73.6 Å². The van der Waals surface area contributed by atoms with E-state index in [0.29, 0.717) is 5.41 Å². The molecule has 0 spiro atoms. The quantitative estimate of drug-likeness (QED) is 0.839. The van der Waals surface area contributed by atoms with Gasteiger partial charge in [-0.3, -0.25) is 0 Å². The van der Waals surface area contributed by atoms with Crippen molar-refractivity contribution in [2.24, 2.45) is 17.1 Å². The number of hydrogen-bond acceptors (Lipinski definition) is 1. The molecule has 20 heavy (non-hydrogen) atoms. The first kappa shape index (κ1) is 15.5. The zero-order chi connectivity index (χ0) is 15.0. The highest BCUT2D eigenvalue weighted by Gasteiger charge is 2.36. The fraction of sp³-hybridized carbons (Fsp3) is 0.667. The van der Waals surface area contributed by atoms with E-state index in [2.05, 4.69) is 20.8 Å². The summed E-state index contributed by atoms with van der Waals surface area (Å²) in [4.78, 5) is 0. The van der Waals surface area contributed by atoms with Gasteiger partial charge in [-0.1, -0.05) is 26.8 Å². The molecule has 1 nitrogen and oxygen atoms in total. The molecule has 112 valence electrons. The van der Waals surface area contributed by atoms with Gasteiger partial charge in [0.1, 0.15) is 5.82 Å². The van der Waals surface area contributed by atoms with Crippen LogP contribution in [0, 0.1) is 24.1 Å². The minimum atomic E-state index is -0.159. The number of halogens is 1. The molecule has 1 aliphatic carbocycles. The highest BCUT2D eigenvalue weighted by atomic mass is 19.1. The first-order chi connectivity index (χ1) is 9.20. The molecule has 0 saturated heterocycles. The van der Waals surface area contributed by atoms with E-state index in [1.807, 2.05) is 13.0 Å². The molecule has 2 heteroatoms. The molecule has 0 aliphatic heterocycles. The van der Waals surface area contributed by atoms with Crippen molar-refractivity contribution in [3.05, 3.63) is 35.1 Å². The number of rotatable bonds is 2. The lowest BCUT2D eigenvalue weighted by atomic mass is 9.66. The van der Waals surface area contributed by atoms with Crippen LogP contribution in [0.4, 0.5) is 4.39 Å². The van der Waals surface area contributed by atoms with Crippen LogP contribution in [0.5, 0.6) is 0 Å². The molecule has 1 saturated carbocycles. The maximum atomic E-state index is 13.2. The van der Waals surface area contributed by atoms with Gasteiger partial charge in [0.25, 0.3) is 0 Å². The van der Waals surface area contributed by atoms with E-state index in [0.717, 1.165) is 30.7 Å². The minimum absolute atomic E-state index is 0.107. The van der Waals surface area contributed by atoms with Crippen molar-refractivity contribution >= 4 is 0 Å². The molecular formula is C18H28FN. The number of aryl methyl sites for hydroxylation is 1. The highest BCUT2D eigenvalue weighted by Crippen LogP contribution is 2.41. The highest BCUT2D eigenvalue weighted by molar-refractivity contribution is 5.28. The second-order valence-electron chi connectivity index (χ2n) is 7.75. The smallest absolute Gasteiger partial charge is 0.123 e. The van der Waals surface area contributed by atoms with Crippen molar-refractivity contribution in [2.45, 2.75) is 65.3 Å². The average Bonchev–Trinajstić information content (AvgIpc) is 2.32. The summed E-state index contributed by atoms with van der Waals surface area (Å²) in [5, 5.41) is 0. The fourth-order valence-corrected chi connectivity index (χ4v) is 3.47. The van der Waals surface area contributed by atoms with Gasteiger partial charge < -0.3 is 5.73 Å². The third-order valence-electron chi connectivity index (χ3n) is 5.05. The second-order valence-corrected chi connectivity index (χ2v) is 7.75. The Hall–Kier alpha value is -0.890. The molecule has 0 aromatic heterocycles. The number of benzene rings is 1. The van der Waals surface area contributed by atoms with E-state index >= 15 is 0 Å². The first-order valence-corrected chi connectivity index (χ1v) is 7.74. The van der Waals surface area contributed by atoms with Gasteiger partial charge in [0.05, 0.1) is 0 Å². The Balaban J connectivity index is 2.03. The molecular weight excluding hydrogens is 249 g/mol. The maximum Gasteiger partial charge on any atom is 0.123 e. The third kappa shape index (κ3) is 3.60. The van der Waals surface area contributed by atoms with Gasteiger partial charge in [0.2, 0.25) is 0 Å². The number of hydrogen-bond donors (Lipinski definition) is 1. The number of nitrogens with two attached hydrogens (primary N) is 1. The van der Waals surface area contributed by atoms with Crippen LogP contribution >= 0.6 is 0 Å². The Morgan fingerprint density at radius 3 is 2.35 bits per heavy atom. The molecule has 2 rings (SSSR count). The summed E-state index contributed by atoms with van der Waals surface area (Å²) in [7, 11) is 0. The molecule has 1 fully saturated rings. The summed E-state index contributed by atoms with van der Waals surface area (Å²) in [6, 6.07) is 5.06. The van der Waals surface area contributed by atoms with Crippen molar-refractivity contribution in [1.82, 2.24) is 0 Å². The first-order valence-electron chi connectivity index (χ1n) is 7.74. The molecule has 0 bridgehead atoms. The molecule has 1 aromatic rings. The van der Waals surface area contributed by atoms with Crippen LogP contribution in [0.15, 0.2) is 18.2 Å². The maximum absolute atomic E-state index is 13.2. The van der Waals surface area contributed by atoms with E-state index in [1.165, 1.54) is 18.4 Å². The lowest BCUT2D eigenvalue weighted by molar-refractivity contribution is 0.134. The molecule has 0 amide bonds. The molecule has 1 aliphatic rings. The molecule has 0 atom stereocenters. The topological polar surface area (TPSA) is 26.0 Å². The van der Waals surface area contributed by atoms with Gasteiger partial charge in [0, 0.05) is 5.54 Å². The second kappa shape index (κ2) is 5.48. The lowest BCUT2D eigenvalue weighted by Crippen LogP contribution is -2.46. The standard InChI is InChI=1S/C18H28FN/c1-13-11-16(19)6-5-14(13)12-18(20)9-7-15(8-10-18)17(2,3)4/h5-6,11,15H,7-10,12,20H2,1-4H3. The summed E-state index contributed by atoms with van der Waals surface area (Å²) in [5.41, 5.74) is 9.10. The van der Waals surface area contributed by atoms with Crippen LogP contribution in [-0.2, 0) is 6.42 Å². The zero-order valence-electron chi connectivity index (χ0n) is 13.3. The van der Waals surface area contributed by atoms with Crippen LogP contribution in [0.25, 0.3) is 0 Å². The van der Waals surface area contributed by atoms with Gasteiger partial charge in [-0.15, -0.1) is 0 Å². The van der Waals surface area contributed by atoms with Gasteiger partial charge in [-0.2, -0.15) is 0 Å². The SMILES string of the molecule is Cc1cc(F)ccc1CC1(N)CCC(C(C)(C)C)CC1.